The average Bonchev–Trinajstić information content (AvgIpc) is 2.54. The van der Waals surface area contributed by atoms with Crippen molar-refractivity contribution >= 4 is 21.9 Å². The van der Waals surface area contributed by atoms with Crippen molar-refractivity contribution in [2.75, 3.05) is 7.11 Å². The van der Waals surface area contributed by atoms with Crippen LogP contribution in [0.15, 0.2) is 46.4 Å². The Morgan fingerprint density at radius 2 is 2.00 bits per heavy atom. The maximum Gasteiger partial charge on any atom is 0.276 e. The Labute approximate surface area is 143 Å². The molecule has 0 bridgehead atoms. The minimum atomic E-state index is -4.07. The minimum absolute atomic E-state index is 0.122. The van der Waals surface area contributed by atoms with Crippen molar-refractivity contribution in [2.24, 2.45) is 5.10 Å². The number of hydrogen-bond acceptors (Lipinski definition) is 7. The number of sulfonamides is 1. The summed E-state index contributed by atoms with van der Waals surface area (Å²) >= 11 is 0. The van der Waals surface area contributed by atoms with E-state index in [0.29, 0.717) is 11.1 Å². The standard InChI is InChI=1S/C15H15N3O6S/c1-10-3-5-12(8-13(10)18(20)21)25(22,23)17-16-9-11-4-6-15(24-2)14(19)7-11/h3-9,17,19H,1-2H3/b16-9-. The molecule has 0 radical (unpaired) electrons. The smallest absolute Gasteiger partial charge is 0.276 e. The van der Waals surface area contributed by atoms with E-state index in [4.69, 9.17) is 4.74 Å². The number of aryl methyl sites for hydroxylation is 1. The second kappa shape index (κ2) is 7.18. The molecule has 0 unspecified atom stereocenters. The molecule has 0 heterocycles. The second-order valence-corrected chi connectivity index (χ2v) is 6.65. The molecule has 0 saturated heterocycles. The van der Waals surface area contributed by atoms with Crippen molar-refractivity contribution in [2.45, 2.75) is 11.8 Å². The molecule has 0 atom stereocenters. The summed E-state index contributed by atoms with van der Waals surface area (Å²) in [6, 6.07) is 7.96. The summed E-state index contributed by atoms with van der Waals surface area (Å²) in [5.74, 6) is 0.146. The topological polar surface area (TPSA) is 131 Å². The van der Waals surface area contributed by atoms with Crippen molar-refractivity contribution in [3.05, 3.63) is 57.6 Å². The van der Waals surface area contributed by atoms with Crippen LogP contribution in [0.1, 0.15) is 11.1 Å². The van der Waals surface area contributed by atoms with Crippen LogP contribution >= 0.6 is 0 Å². The number of hydrogen-bond donors (Lipinski definition) is 2. The molecule has 2 N–H and O–H groups in total. The summed E-state index contributed by atoms with van der Waals surface area (Å²) in [6.07, 6.45) is 1.18. The summed E-state index contributed by atoms with van der Waals surface area (Å²) in [7, 11) is -2.67. The number of nitro benzene ring substituents is 1. The molecule has 0 spiro atoms. The van der Waals surface area contributed by atoms with Crippen molar-refractivity contribution in [1.82, 2.24) is 4.83 Å². The Morgan fingerprint density at radius 3 is 2.60 bits per heavy atom. The van der Waals surface area contributed by atoms with Crippen LogP contribution in [0, 0.1) is 17.0 Å². The van der Waals surface area contributed by atoms with Gasteiger partial charge in [-0.2, -0.15) is 13.5 Å². The molecular formula is C15H15N3O6S. The molecule has 2 rings (SSSR count). The zero-order chi connectivity index (χ0) is 18.6. The molecule has 0 fully saturated rings. The van der Waals surface area contributed by atoms with Crippen LogP contribution in [0.2, 0.25) is 0 Å². The van der Waals surface area contributed by atoms with Gasteiger partial charge in [-0.25, -0.2) is 4.83 Å². The highest BCUT2D eigenvalue weighted by Crippen LogP contribution is 2.25. The van der Waals surface area contributed by atoms with E-state index in [9.17, 15) is 23.6 Å². The van der Waals surface area contributed by atoms with Gasteiger partial charge in [0.2, 0.25) is 0 Å². The Morgan fingerprint density at radius 1 is 1.28 bits per heavy atom. The molecule has 2 aromatic rings. The largest absolute Gasteiger partial charge is 0.504 e. The number of rotatable bonds is 6. The lowest BCUT2D eigenvalue weighted by atomic mass is 10.2. The first-order chi connectivity index (χ1) is 11.7. The number of aromatic hydroxyl groups is 1. The number of nitrogens with zero attached hydrogens (tertiary/aromatic N) is 2. The minimum Gasteiger partial charge on any atom is -0.504 e. The average molecular weight is 365 g/mol. The monoisotopic (exact) mass is 365 g/mol. The van der Waals surface area contributed by atoms with Gasteiger partial charge in [0, 0.05) is 11.6 Å². The molecule has 0 aliphatic rings. The first-order valence-electron chi connectivity index (χ1n) is 6.91. The maximum absolute atomic E-state index is 12.2. The quantitative estimate of drug-likeness (QED) is 0.457. The van der Waals surface area contributed by atoms with Crippen LogP contribution in [0.5, 0.6) is 11.5 Å². The predicted octanol–water partition coefficient (Wildman–Crippen LogP) is 1.93. The fraction of sp³-hybridized carbons (Fsp3) is 0.133. The first-order valence-corrected chi connectivity index (χ1v) is 8.40. The van der Waals surface area contributed by atoms with Crippen LogP contribution in [0.3, 0.4) is 0 Å². The molecule has 2 aromatic carbocycles. The zero-order valence-corrected chi connectivity index (χ0v) is 14.1. The fourth-order valence-corrected chi connectivity index (χ4v) is 2.77. The van der Waals surface area contributed by atoms with Crippen molar-refractivity contribution in [1.29, 1.82) is 0 Å². The number of phenolic OH excluding ortho intramolecular Hbond substituents is 1. The number of benzene rings is 2. The first kappa shape index (κ1) is 18.2. The molecule has 0 saturated carbocycles. The molecule has 0 aliphatic carbocycles. The van der Waals surface area contributed by atoms with E-state index in [1.807, 2.05) is 4.83 Å². The number of nitro groups is 1. The molecule has 132 valence electrons. The molecule has 0 aliphatic heterocycles. The number of ether oxygens (including phenoxy) is 1. The third-order valence-electron chi connectivity index (χ3n) is 3.28. The van der Waals surface area contributed by atoms with Crippen molar-refractivity contribution in [3.63, 3.8) is 0 Å². The highest BCUT2D eigenvalue weighted by Gasteiger charge is 2.19. The Kier molecular flexibility index (Phi) is 5.22. The summed E-state index contributed by atoms with van der Waals surface area (Å²) in [5, 5.41) is 24.2. The lowest BCUT2D eigenvalue weighted by Crippen LogP contribution is -2.18. The van der Waals surface area contributed by atoms with E-state index in [1.165, 1.54) is 44.5 Å². The fourth-order valence-electron chi connectivity index (χ4n) is 1.96. The van der Waals surface area contributed by atoms with Gasteiger partial charge in [0.15, 0.2) is 11.5 Å². The molecule has 25 heavy (non-hydrogen) atoms. The predicted molar refractivity (Wildman–Crippen MR) is 90.4 cm³/mol. The highest BCUT2D eigenvalue weighted by atomic mass is 32.2. The summed E-state index contributed by atoms with van der Waals surface area (Å²) < 4.78 is 29.2. The van der Waals surface area contributed by atoms with Gasteiger partial charge in [-0.15, -0.1) is 0 Å². The number of nitrogens with one attached hydrogen (secondary N) is 1. The van der Waals surface area contributed by atoms with Crippen LogP contribution in [-0.2, 0) is 10.0 Å². The Hall–Kier alpha value is -3.14. The van der Waals surface area contributed by atoms with Gasteiger partial charge in [-0.1, -0.05) is 6.07 Å². The molecule has 0 aromatic heterocycles. The summed E-state index contributed by atoms with van der Waals surface area (Å²) in [5.41, 5.74) is 0.476. The van der Waals surface area contributed by atoms with Gasteiger partial charge in [0.05, 0.1) is 23.1 Å². The molecule has 0 amide bonds. The summed E-state index contributed by atoms with van der Waals surface area (Å²) in [4.78, 5) is 11.9. The Balaban J connectivity index is 2.20. The van der Waals surface area contributed by atoms with E-state index >= 15 is 0 Å². The second-order valence-electron chi connectivity index (χ2n) is 4.99. The van der Waals surface area contributed by atoms with E-state index in [0.717, 1.165) is 6.07 Å². The maximum atomic E-state index is 12.2. The molecule has 9 nitrogen and oxygen atoms in total. The van der Waals surface area contributed by atoms with Gasteiger partial charge in [-0.3, -0.25) is 10.1 Å². The van der Waals surface area contributed by atoms with E-state index in [2.05, 4.69) is 5.10 Å². The Bertz CT molecular complexity index is 940. The van der Waals surface area contributed by atoms with Gasteiger partial charge < -0.3 is 9.84 Å². The normalized spacial score (nSPS) is 11.4. The highest BCUT2D eigenvalue weighted by molar-refractivity contribution is 7.89. The van der Waals surface area contributed by atoms with Crippen molar-refractivity contribution < 1.29 is 23.2 Å². The summed E-state index contributed by atoms with van der Waals surface area (Å²) in [6.45, 7) is 1.51. The lowest BCUT2D eigenvalue weighted by molar-refractivity contribution is -0.385. The van der Waals surface area contributed by atoms with E-state index < -0.39 is 14.9 Å². The van der Waals surface area contributed by atoms with E-state index in [1.54, 1.807) is 6.07 Å². The molecule has 10 heteroatoms. The van der Waals surface area contributed by atoms with Gasteiger partial charge in [0.25, 0.3) is 15.7 Å². The third kappa shape index (κ3) is 4.23. The molecular weight excluding hydrogens is 350 g/mol. The third-order valence-corrected chi connectivity index (χ3v) is 4.50. The SMILES string of the molecule is COc1ccc(/C=N\NS(=O)(=O)c2ccc(C)c([N+](=O)[O-])c2)cc1O. The van der Waals surface area contributed by atoms with Gasteiger partial charge in [0.1, 0.15) is 0 Å². The van der Waals surface area contributed by atoms with Crippen LogP contribution in [-0.4, -0.2) is 31.8 Å². The lowest BCUT2D eigenvalue weighted by Gasteiger charge is -2.05. The van der Waals surface area contributed by atoms with Gasteiger partial charge in [-0.05, 0) is 36.8 Å². The number of methoxy groups -OCH3 is 1. The van der Waals surface area contributed by atoms with Crippen LogP contribution in [0.4, 0.5) is 5.69 Å². The number of hydrazone groups is 1. The number of phenols is 1. The van der Waals surface area contributed by atoms with E-state index in [-0.39, 0.29) is 22.1 Å². The zero-order valence-electron chi connectivity index (χ0n) is 13.3. The van der Waals surface area contributed by atoms with Crippen LogP contribution < -0.4 is 9.57 Å². The van der Waals surface area contributed by atoms with Crippen LogP contribution in [0.25, 0.3) is 0 Å². The van der Waals surface area contributed by atoms with Crippen molar-refractivity contribution in [3.8, 4) is 11.5 Å². The van der Waals surface area contributed by atoms with Gasteiger partial charge >= 0.3 is 0 Å².